The maximum absolute atomic E-state index is 12.6. The Balaban J connectivity index is 4.93. The first-order valence-electron chi connectivity index (χ1n) is 12.5. The standard InChI is InChI=1S/C24H43N7O7/c1-11(2)9-18(24(38)26-12(3)10-32)31-23(37)17(8)30-22(36)16(7)29-21(35)15(6)28-20(34)14(5)27-19(33)13(4)25/h10-18H,9,25H2,1-8H3,(H,26,38)(H,27,33)(H,28,34)(H,29,35)(H,30,36)(H,31,37)/t12-,13-,14-,15-,16-,17-,18-/m0/s1. The first kappa shape index (κ1) is 34.5. The van der Waals surface area contributed by atoms with Crippen LogP contribution in [0.15, 0.2) is 0 Å². The molecule has 0 aromatic rings. The lowest BCUT2D eigenvalue weighted by molar-refractivity contribution is -0.134. The van der Waals surface area contributed by atoms with Crippen molar-refractivity contribution in [3.05, 3.63) is 0 Å². The molecule has 0 aliphatic heterocycles. The van der Waals surface area contributed by atoms with Crippen LogP contribution in [0.5, 0.6) is 0 Å². The number of nitrogens with one attached hydrogen (secondary N) is 6. The average molecular weight is 542 g/mol. The van der Waals surface area contributed by atoms with E-state index in [9.17, 15) is 33.6 Å². The smallest absolute Gasteiger partial charge is 0.243 e. The third-order valence-corrected chi connectivity index (χ3v) is 5.34. The Bertz CT molecular complexity index is 878. The number of hydrogen-bond donors (Lipinski definition) is 7. The van der Waals surface area contributed by atoms with E-state index in [2.05, 4.69) is 31.9 Å². The minimum atomic E-state index is -1.06. The highest BCUT2D eigenvalue weighted by molar-refractivity contribution is 5.96. The minimum absolute atomic E-state index is 0.0590. The number of carbonyl (C=O) groups excluding carboxylic acids is 7. The van der Waals surface area contributed by atoms with Crippen molar-refractivity contribution in [1.29, 1.82) is 0 Å². The van der Waals surface area contributed by atoms with Crippen LogP contribution in [0.2, 0.25) is 0 Å². The molecule has 38 heavy (non-hydrogen) atoms. The van der Waals surface area contributed by atoms with Crippen LogP contribution in [0.4, 0.5) is 0 Å². The van der Waals surface area contributed by atoms with Crippen molar-refractivity contribution in [2.45, 2.75) is 104 Å². The van der Waals surface area contributed by atoms with Gasteiger partial charge in [0.15, 0.2) is 0 Å². The van der Waals surface area contributed by atoms with E-state index in [-0.39, 0.29) is 5.92 Å². The van der Waals surface area contributed by atoms with Gasteiger partial charge in [0.1, 0.15) is 36.5 Å². The molecule has 0 heterocycles. The van der Waals surface area contributed by atoms with Gasteiger partial charge in [-0.3, -0.25) is 28.8 Å². The van der Waals surface area contributed by atoms with Gasteiger partial charge in [0.05, 0.1) is 12.1 Å². The molecular formula is C24H43N7O7. The van der Waals surface area contributed by atoms with Gasteiger partial charge in [-0.1, -0.05) is 13.8 Å². The van der Waals surface area contributed by atoms with Crippen LogP contribution in [0.25, 0.3) is 0 Å². The number of rotatable bonds is 15. The molecule has 0 bridgehead atoms. The predicted molar refractivity (Wildman–Crippen MR) is 139 cm³/mol. The van der Waals surface area contributed by atoms with Gasteiger partial charge >= 0.3 is 0 Å². The first-order chi connectivity index (χ1) is 17.5. The molecule has 6 amide bonds. The van der Waals surface area contributed by atoms with E-state index in [1.54, 1.807) is 0 Å². The Labute approximate surface area is 223 Å². The minimum Gasteiger partial charge on any atom is -0.345 e. The highest BCUT2D eigenvalue weighted by Crippen LogP contribution is 2.06. The van der Waals surface area contributed by atoms with E-state index in [0.29, 0.717) is 12.7 Å². The Morgan fingerprint density at radius 1 is 0.553 bits per heavy atom. The highest BCUT2D eigenvalue weighted by Gasteiger charge is 2.28. The molecule has 0 saturated carbocycles. The Hall–Kier alpha value is -3.55. The fourth-order valence-corrected chi connectivity index (χ4v) is 2.98. The zero-order valence-electron chi connectivity index (χ0n) is 23.3. The largest absolute Gasteiger partial charge is 0.345 e. The molecule has 0 spiro atoms. The molecule has 216 valence electrons. The lowest BCUT2D eigenvalue weighted by Gasteiger charge is -2.24. The maximum atomic E-state index is 12.6. The Kier molecular flexibility index (Phi) is 14.8. The summed E-state index contributed by atoms with van der Waals surface area (Å²) in [6, 6.07) is -6.51. The van der Waals surface area contributed by atoms with Crippen molar-refractivity contribution in [3.8, 4) is 0 Å². The van der Waals surface area contributed by atoms with Crippen LogP contribution in [0.1, 0.15) is 61.8 Å². The van der Waals surface area contributed by atoms with E-state index >= 15 is 0 Å². The molecule has 0 radical (unpaired) electrons. The number of amides is 6. The summed E-state index contributed by atoms with van der Waals surface area (Å²) in [4.78, 5) is 84.8. The molecule has 0 aliphatic carbocycles. The van der Waals surface area contributed by atoms with Crippen molar-refractivity contribution in [1.82, 2.24) is 31.9 Å². The van der Waals surface area contributed by atoms with Crippen molar-refractivity contribution < 1.29 is 33.6 Å². The number of aldehydes is 1. The Morgan fingerprint density at radius 2 is 0.895 bits per heavy atom. The summed E-state index contributed by atoms with van der Waals surface area (Å²) in [5.74, 6) is -3.57. The van der Waals surface area contributed by atoms with Crippen LogP contribution in [-0.4, -0.2) is 84.0 Å². The van der Waals surface area contributed by atoms with Crippen molar-refractivity contribution in [3.63, 3.8) is 0 Å². The van der Waals surface area contributed by atoms with Gasteiger partial charge < -0.3 is 42.4 Å². The molecule has 0 saturated heterocycles. The molecule has 14 heteroatoms. The van der Waals surface area contributed by atoms with Crippen LogP contribution in [0, 0.1) is 5.92 Å². The van der Waals surface area contributed by atoms with E-state index in [1.165, 1.54) is 41.5 Å². The van der Waals surface area contributed by atoms with E-state index in [4.69, 9.17) is 5.73 Å². The van der Waals surface area contributed by atoms with Gasteiger partial charge in [0.25, 0.3) is 0 Å². The molecule has 0 rings (SSSR count). The topological polar surface area (TPSA) is 218 Å². The summed E-state index contributed by atoms with van der Waals surface area (Å²) in [6.07, 6.45) is 0.880. The van der Waals surface area contributed by atoms with Crippen LogP contribution in [0.3, 0.4) is 0 Å². The lowest BCUT2D eigenvalue weighted by atomic mass is 10.0. The quantitative estimate of drug-likeness (QED) is 0.110. The van der Waals surface area contributed by atoms with Gasteiger partial charge in [-0.2, -0.15) is 0 Å². The summed E-state index contributed by atoms with van der Waals surface area (Å²) < 4.78 is 0. The fourth-order valence-electron chi connectivity index (χ4n) is 2.98. The number of nitrogens with two attached hydrogens (primary N) is 1. The molecule has 0 fully saturated rings. The molecule has 8 N–H and O–H groups in total. The second-order valence-electron chi connectivity index (χ2n) is 9.83. The predicted octanol–water partition coefficient (Wildman–Crippen LogP) is -2.41. The van der Waals surface area contributed by atoms with E-state index in [0.717, 1.165) is 0 Å². The van der Waals surface area contributed by atoms with Crippen LogP contribution >= 0.6 is 0 Å². The summed E-state index contributed by atoms with van der Waals surface area (Å²) in [7, 11) is 0. The van der Waals surface area contributed by atoms with E-state index in [1.807, 2.05) is 13.8 Å². The van der Waals surface area contributed by atoms with Crippen molar-refractivity contribution in [2.75, 3.05) is 0 Å². The second kappa shape index (κ2) is 16.3. The van der Waals surface area contributed by atoms with Gasteiger partial charge in [0.2, 0.25) is 35.4 Å². The summed E-state index contributed by atoms with van der Waals surface area (Å²) >= 11 is 0. The second-order valence-corrected chi connectivity index (χ2v) is 9.83. The number of hydrogen-bond acceptors (Lipinski definition) is 8. The fraction of sp³-hybridized carbons (Fsp3) is 0.708. The van der Waals surface area contributed by atoms with Gasteiger partial charge in [0, 0.05) is 0 Å². The van der Waals surface area contributed by atoms with Crippen molar-refractivity contribution >= 4 is 41.7 Å². The molecule has 14 nitrogen and oxygen atoms in total. The monoisotopic (exact) mass is 541 g/mol. The van der Waals surface area contributed by atoms with Crippen molar-refractivity contribution in [2.24, 2.45) is 11.7 Å². The normalized spacial score (nSPS) is 16.4. The summed E-state index contributed by atoms with van der Waals surface area (Å²) in [5, 5.41) is 14.8. The summed E-state index contributed by atoms with van der Waals surface area (Å²) in [6.45, 7) is 12.3. The van der Waals surface area contributed by atoms with Crippen LogP contribution < -0.4 is 37.6 Å². The van der Waals surface area contributed by atoms with Gasteiger partial charge in [-0.05, 0) is 53.9 Å². The zero-order valence-corrected chi connectivity index (χ0v) is 23.3. The molecular weight excluding hydrogens is 498 g/mol. The van der Waals surface area contributed by atoms with Gasteiger partial charge in [-0.15, -0.1) is 0 Å². The third-order valence-electron chi connectivity index (χ3n) is 5.34. The molecule has 0 aromatic carbocycles. The van der Waals surface area contributed by atoms with Crippen LogP contribution in [-0.2, 0) is 33.6 Å². The molecule has 0 aliphatic rings. The Morgan fingerprint density at radius 3 is 1.21 bits per heavy atom. The SMILES string of the molecule is CC(C)C[C@H](NC(=O)[C@H](C)NC(=O)[C@H](C)NC(=O)[C@H](C)NC(=O)[C@H](C)NC(=O)[C@H](C)N)C(=O)N[C@@H](C)C=O. The lowest BCUT2D eigenvalue weighted by Crippen LogP contribution is -2.58. The zero-order chi connectivity index (χ0) is 29.7. The van der Waals surface area contributed by atoms with E-state index < -0.39 is 77.7 Å². The molecule has 0 unspecified atom stereocenters. The first-order valence-corrected chi connectivity index (χ1v) is 12.5. The molecule has 7 atom stereocenters. The van der Waals surface area contributed by atoms with Gasteiger partial charge in [-0.25, -0.2) is 0 Å². The third kappa shape index (κ3) is 12.6. The highest BCUT2D eigenvalue weighted by atomic mass is 16.2. The number of carbonyl (C=O) groups is 7. The maximum Gasteiger partial charge on any atom is 0.243 e. The molecule has 0 aromatic heterocycles. The average Bonchev–Trinajstić information content (AvgIpc) is 2.82. The summed E-state index contributed by atoms with van der Waals surface area (Å²) in [5.41, 5.74) is 5.45.